The van der Waals surface area contributed by atoms with Crippen molar-refractivity contribution in [3.63, 3.8) is 0 Å². The van der Waals surface area contributed by atoms with Crippen LogP contribution in [0.15, 0.2) is 24.3 Å². The molecule has 0 saturated carbocycles. The molecule has 1 N–H and O–H groups in total. The Hall–Kier alpha value is -1.02. The Morgan fingerprint density at radius 2 is 1.70 bits per heavy atom. The Morgan fingerprint density at radius 3 is 2.20 bits per heavy atom. The van der Waals surface area contributed by atoms with Gasteiger partial charge in [0.25, 0.3) is 0 Å². The average molecular weight is 277 g/mol. The van der Waals surface area contributed by atoms with Crippen LogP contribution in [0.5, 0.6) is 5.75 Å². The Bertz CT molecular complexity index is 347. The second-order valence-electron chi connectivity index (χ2n) is 5.53. The highest BCUT2D eigenvalue weighted by atomic mass is 16.5. The fourth-order valence-electron chi connectivity index (χ4n) is 2.68. The topological polar surface area (TPSA) is 21.3 Å². The molecule has 114 valence electrons. The minimum absolute atomic E-state index is 0.453. The molecular weight excluding hydrogens is 246 g/mol. The molecule has 0 heterocycles. The first-order valence-corrected chi connectivity index (χ1v) is 8.15. The van der Waals surface area contributed by atoms with E-state index in [0.717, 1.165) is 12.2 Å². The third-order valence-electron chi connectivity index (χ3n) is 3.91. The van der Waals surface area contributed by atoms with Crippen LogP contribution in [-0.2, 0) is 0 Å². The maximum atomic E-state index is 5.23. The molecule has 0 aliphatic heterocycles. The van der Waals surface area contributed by atoms with Gasteiger partial charge in [0.1, 0.15) is 5.75 Å². The summed E-state index contributed by atoms with van der Waals surface area (Å²) in [5.74, 6) is 0.930. The molecule has 0 spiro atoms. The Kier molecular flexibility index (Phi) is 8.36. The van der Waals surface area contributed by atoms with Crippen molar-refractivity contribution in [3.8, 4) is 5.75 Å². The van der Waals surface area contributed by atoms with Gasteiger partial charge in [-0.05, 0) is 37.0 Å². The standard InChI is InChI=1S/C18H31NO/c1-5-8-10-16(9-6-2)19-18(7-3)15-11-13-17(20-4)14-12-15/h11-14,16,18-19H,5-10H2,1-4H3. The molecule has 2 heteroatoms. The van der Waals surface area contributed by atoms with Gasteiger partial charge in [-0.2, -0.15) is 0 Å². The van der Waals surface area contributed by atoms with E-state index in [4.69, 9.17) is 4.74 Å². The van der Waals surface area contributed by atoms with Gasteiger partial charge in [0.05, 0.1) is 7.11 Å². The monoisotopic (exact) mass is 277 g/mol. The zero-order valence-electron chi connectivity index (χ0n) is 13.6. The first-order chi connectivity index (χ1) is 9.74. The summed E-state index contributed by atoms with van der Waals surface area (Å²) in [6.45, 7) is 6.80. The van der Waals surface area contributed by atoms with Crippen molar-refractivity contribution in [1.29, 1.82) is 0 Å². The van der Waals surface area contributed by atoms with Crippen LogP contribution in [0.3, 0.4) is 0 Å². The van der Waals surface area contributed by atoms with Crippen molar-refractivity contribution in [2.24, 2.45) is 0 Å². The maximum absolute atomic E-state index is 5.23. The highest BCUT2D eigenvalue weighted by molar-refractivity contribution is 5.29. The molecule has 0 fully saturated rings. The highest BCUT2D eigenvalue weighted by Gasteiger charge is 2.14. The van der Waals surface area contributed by atoms with Crippen LogP contribution < -0.4 is 10.1 Å². The normalized spacial score (nSPS) is 14.0. The zero-order chi connectivity index (χ0) is 14.8. The van der Waals surface area contributed by atoms with Crippen LogP contribution in [0.25, 0.3) is 0 Å². The van der Waals surface area contributed by atoms with Crippen LogP contribution >= 0.6 is 0 Å². The number of benzene rings is 1. The van der Waals surface area contributed by atoms with Crippen molar-refractivity contribution in [2.45, 2.75) is 71.4 Å². The molecule has 0 bridgehead atoms. The molecule has 2 unspecified atom stereocenters. The number of rotatable bonds is 10. The van der Waals surface area contributed by atoms with Gasteiger partial charge < -0.3 is 10.1 Å². The molecule has 1 aromatic carbocycles. The third-order valence-corrected chi connectivity index (χ3v) is 3.91. The molecule has 20 heavy (non-hydrogen) atoms. The number of hydrogen-bond donors (Lipinski definition) is 1. The summed E-state index contributed by atoms with van der Waals surface area (Å²) in [6.07, 6.45) is 7.53. The average Bonchev–Trinajstić information content (AvgIpc) is 2.50. The molecule has 0 aliphatic rings. The van der Waals surface area contributed by atoms with Gasteiger partial charge in [-0.25, -0.2) is 0 Å². The summed E-state index contributed by atoms with van der Waals surface area (Å²) in [5.41, 5.74) is 1.37. The Balaban J connectivity index is 2.66. The minimum Gasteiger partial charge on any atom is -0.497 e. The van der Waals surface area contributed by atoms with Gasteiger partial charge in [0.2, 0.25) is 0 Å². The number of methoxy groups -OCH3 is 1. The van der Waals surface area contributed by atoms with Crippen LogP contribution in [-0.4, -0.2) is 13.2 Å². The lowest BCUT2D eigenvalue weighted by atomic mass is 9.99. The Morgan fingerprint density at radius 1 is 1.00 bits per heavy atom. The van der Waals surface area contributed by atoms with Crippen molar-refractivity contribution in [3.05, 3.63) is 29.8 Å². The van der Waals surface area contributed by atoms with Crippen molar-refractivity contribution >= 4 is 0 Å². The number of unbranched alkanes of at least 4 members (excludes halogenated alkanes) is 1. The maximum Gasteiger partial charge on any atom is 0.118 e. The van der Waals surface area contributed by atoms with E-state index in [0.29, 0.717) is 12.1 Å². The van der Waals surface area contributed by atoms with E-state index >= 15 is 0 Å². The highest BCUT2D eigenvalue weighted by Crippen LogP contribution is 2.22. The van der Waals surface area contributed by atoms with Crippen LogP contribution in [0.1, 0.15) is 70.9 Å². The first kappa shape index (κ1) is 17.0. The molecule has 0 amide bonds. The summed E-state index contributed by atoms with van der Waals surface area (Å²) in [4.78, 5) is 0. The first-order valence-electron chi connectivity index (χ1n) is 8.15. The zero-order valence-corrected chi connectivity index (χ0v) is 13.6. The van der Waals surface area contributed by atoms with Crippen molar-refractivity contribution in [1.82, 2.24) is 5.32 Å². The molecule has 2 nitrogen and oxygen atoms in total. The van der Waals surface area contributed by atoms with Gasteiger partial charge in [-0.3, -0.25) is 0 Å². The van der Waals surface area contributed by atoms with E-state index < -0.39 is 0 Å². The van der Waals surface area contributed by atoms with E-state index in [1.165, 1.54) is 37.7 Å². The lowest BCUT2D eigenvalue weighted by Gasteiger charge is -2.25. The lowest BCUT2D eigenvalue weighted by molar-refractivity contribution is 0.376. The SMILES string of the molecule is CCCCC(CCC)NC(CC)c1ccc(OC)cc1. The van der Waals surface area contributed by atoms with Crippen molar-refractivity contribution in [2.75, 3.05) is 7.11 Å². The van der Waals surface area contributed by atoms with E-state index in [1.807, 2.05) is 0 Å². The fourth-order valence-corrected chi connectivity index (χ4v) is 2.68. The van der Waals surface area contributed by atoms with Gasteiger partial charge in [-0.1, -0.05) is 52.2 Å². The van der Waals surface area contributed by atoms with E-state index in [9.17, 15) is 0 Å². The van der Waals surface area contributed by atoms with E-state index in [2.05, 4.69) is 50.4 Å². The second kappa shape index (κ2) is 9.82. The summed E-state index contributed by atoms with van der Waals surface area (Å²) in [6, 6.07) is 9.58. The minimum atomic E-state index is 0.453. The summed E-state index contributed by atoms with van der Waals surface area (Å²) in [7, 11) is 1.71. The molecule has 0 aromatic heterocycles. The van der Waals surface area contributed by atoms with E-state index in [-0.39, 0.29) is 0 Å². The van der Waals surface area contributed by atoms with Gasteiger partial charge >= 0.3 is 0 Å². The van der Waals surface area contributed by atoms with Gasteiger partial charge in [-0.15, -0.1) is 0 Å². The largest absolute Gasteiger partial charge is 0.497 e. The van der Waals surface area contributed by atoms with Gasteiger partial charge in [0, 0.05) is 12.1 Å². The summed E-state index contributed by atoms with van der Waals surface area (Å²) in [5, 5.41) is 3.85. The van der Waals surface area contributed by atoms with Gasteiger partial charge in [0.15, 0.2) is 0 Å². The van der Waals surface area contributed by atoms with Crippen LogP contribution in [0.4, 0.5) is 0 Å². The molecule has 0 aliphatic carbocycles. The number of ether oxygens (including phenoxy) is 1. The molecule has 1 rings (SSSR count). The molecule has 0 saturated heterocycles. The Labute approximate surface area is 124 Å². The summed E-state index contributed by atoms with van der Waals surface area (Å²) >= 11 is 0. The number of nitrogens with one attached hydrogen (secondary N) is 1. The predicted molar refractivity (Wildman–Crippen MR) is 87.4 cm³/mol. The molecule has 0 radical (unpaired) electrons. The number of hydrogen-bond acceptors (Lipinski definition) is 2. The van der Waals surface area contributed by atoms with Crippen LogP contribution in [0.2, 0.25) is 0 Å². The lowest BCUT2D eigenvalue weighted by Crippen LogP contribution is -2.32. The quantitative estimate of drug-likeness (QED) is 0.643. The molecular formula is C18H31NO. The molecule has 2 atom stereocenters. The fraction of sp³-hybridized carbons (Fsp3) is 0.667. The predicted octanol–water partition coefficient (Wildman–Crippen LogP) is 5.09. The molecule has 1 aromatic rings. The summed E-state index contributed by atoms with van der Waals surface area (Å²) < 4.78 is 5.23. The van der Waals surface area contributed by atoms with E-state index in [1.54, 1.807) is 7.11 Å². The van der Waals surface area contributed by atoms with Crippen molar-refractivity contribution < 1.29 is 4.74 Å². The second-order valence-corrected chi connectivity index (χ2v) is 5.53. The smallest absolute Gasteiger partial charge is 0.118 e. The third kappa shape index (κ3) is 5.54. The van der Waals surface area contributed by atoms with Crippen LogP contribution in [0, 0.1) is 0 Å².